The molecule has 0 saturated carbocycles. The number of carbonyl (C=O) groups excluding carboxylic acids is 1. The number of esters is 1. The van der Waals surface area contributed by atoms with Crippen molar-refractivity contribution >= 4 is 5.97 Å². The summed E-state index contributed by atoms with van der Waals surface area (Å²) in [5.41, 5.74) is 2.79. The Hall–Kier alpha value is -1.55. The van der Waals surface area contributed by atoms with Gasteiger partial charge in [-0.05, 0) is 18.6 Å². The van der Waals surface area contributed by atoms with Crippen LogP contribution >= 0.6 is 0 Å². The average molecular weight is 222 g/mol. The van der Waals surface area contributed by atoms with Crippen LogP contribution in [0.1, 0.15) is 28.4 Å². The predicted octanol–water partition coefficient (Wildman–Crippen LogP) is 1.75. The highest BCUT2D eigenvalue weighted by Crippen LogP contribution is 2.39. The van der Waals surface area contributed by atoms with Crippen molar-refractivity contribution in [3.05, 3.63) is 28.8 Å². The summed E-state index contributed by atoms with van der Waals surface area (Å²) in [5, 5.41) is 0. The summed E-state index contributed by atoms with van der Waals surface area (Å²) in [6, 6.07) is 3.68. The van der Waals surface area contributed by atoms with Crippen LogP contribution in [0, 0.1) is 0 Å². The zero-order valence-corrected chi connectivity index (χ0v) is 9.41. The standard InChI is InChI=1S/C12H14O4/c1-3-15-12(13)9-5-4-8-6-10(8)11(9)16-7-14-2/h4-5H,3,6-7H2,1-2H3. The highest BCUT2D eigenvalue weighted by molar-refractivity contribution is 5.94. The molecule has 0 aromatic heterocycles. The number of hydrogen-bond donors (Lipinski definition) is 0. The molecule has 0 bridgehead atoms. The minimum absolute atomic E-state index is 0.142. The van der Waals surface area contributed by atoms with Gasteiger partial charge in [0.25, 0.3) is 0 Å². The van der Waals surface area contributed by atoms with E-state index in [9.17, 15) is 4.79 Å². The molecule has 0 N–H and O–H groups in total. The van der Waals surface area contributed by atoms with E-state index >= 15 is 0 Å². The third-order valence-corrected chi connectivity index (χ3v) is 2.42. The van der Waals surface area contributed by atoms with Crippen LogP contribution in [0.25, 0.3) is 0 Å². The number of hydrogen-bond acceptors (Lipinski definition) is 4. The lowest BCUT2D eigenvalue weighted by Gasteiger charge is -2.09. The monoisotopic (exact) mass is 222 g/mol. The van der Waals surface area contributed by atoms with E-state index in [4.69, 9.17) is 14.2 Å². The maximum Gasteiger partial charge on any atom is 0.341 e. The topological polar surface area (TPSA) is 44.8 Å². The summed E-state index contributed by atoms with van der Waals surface area (Å²) < 4.78 is 15.2. The number of ether oxygens (including phenoxy) is 3. The van der Waals surface area contributed by atoms with Gasteiger partial charge in [-0.3, -0.25) is 0 Å². The fourth-order valence-electron chi connectivity index (χ4n) is 1.61. The van der Waals surface area contributed by atoms with E-state index in [-0.39, 0.29) is 12.8 Å². The van der Waals surface area contributed by atoms with Crippen LogP contribution in [0.2, 0.25) is 0 Å². The van der Waals surface area contributed by atoms with Crippen LogP contribution < -0.4 is 4.74 Å². The second-order valence-electron chi connectivity index (χ2n) is 3.53. The van der Waals surface area contributed by atoms with Crippen LogP contribution in [0.15, 0.2) is 12.1 Å². The zero-order chi connectivity index (χ0) is 11.5. The Kier molecular flexibility index (Phi) is 3.10. The van der Waals surface area contributed by atoms with E-state index in [1.54, 1.807) is 20.1 Å². The van der Waals surface area contributed by atoms with Crippen molar-refractivity contribution in [2.24, 2.45) is 0 Å². The molecule has 0 amide bonds. The number of methoxy groups -OCH3 is 1. The fourth-order valence-corrected chi connectivity index (χ4v) is 1.61. The Morgan fingerprint density at radius 2 is 2.25 bits per heavy atom. The van der Waals surface area contributed by atoms with Gasteiger partial charge >= 0.3 is 5.97 Å². The Bertz CT molecular complexity index is 412. The van der Waals surface area contributed by atoms with Gasteiger partial charge in [0.2, 0.25) is 0 Å². The second-order valence-corrected chi connectivity index (χ2v) is 3.53. The molecular formula is C12H14O4. The van der Waals surface area contributed by atoms with E-state index in [0.717, 1.165) is 12.0 Å². The van der Waals surface area contributed by atoms with Gasteiger partial charge in [0.15, 0.2) is 6.79 Å². The Morgan fingerprint density at radius 1 is 1.44 bits per heavy atom. The summed E-state index contributed by atoms with van der Waals surface area (Å²) >= 11 is 0. The first kappa shape index (κ1) is 11.0. The molecule has 0 radical (unpaired) electrons. The first-order valence-corrected chi connectivity index (χ1v) is 5.21. The lowest BCUT2D eigenvalue weighted by molar-refractivity contribution is 0.0437. The molecule has 1 aromatic carbocycles. The zero-order valence-electron chi connectivity index (χ0n) is 9.41. The van der Waals surface area contributed by atoms with Gasteiger partial charge < -0.3 is 14.2 Å². The van der Waals surface area contributed by atoms with Crippen molar-refractivity contribution in [1.29, 1.82) is 0 Å². The van der Waals surface area contributed by atoms with Gasteiger partial charge in [0.05, 0.1) is 6.61 Å². The van der Waals surface area contributed by atoms with Crippen LogP contribution in [-0.4, -0.2) is 26.5 Å². The molecule has 16 heavy (non-hydrogen) atoms. The first-order valence-electron chi connectivity index (χ1n) is 5.21. The van der Waals surface area contributed by atoms with Gasteiger partial charge in [-0.15, -0.1) is 0 Å². The quantitative estimate of drug-likeness (QED) is 0.571. The van der Waals surface area contributed by atoms with E-state index < -0.39 is 0 Å². The molecule has 0 heterocycles. The molecule has 1 aliphatic carbocycles. The normalized spacial score (nSPS) is 11.9. The third kappa shape index (κ3) is 2.02. The first-order chi connectivity index (χ1) is 7.77. The van der Waals surface area contributed by atoms with Crippen molar-refractivity contribution in [2.75, 3.05) is 20.5 Å². The summed E-state index contributed by atoms with van der Waals surface area (Å²) in [6.45, 7) is 2.28. The number of rotatable bonds is 5. The number of fused-ring (bicyclic) bond motifs is 1. The van der Waals surface area contributed by atoms with E-state index in [2.05, 4.69) is 0 Å². The minimum Gasteiger partial charge on any atom is -0.466 e. The highest BCUT2D eigenvalue weighted by atomic mass is 16.7. The number of benzene rings is 1. The van der Waals surface area contributed by atoms with Crippen molar-refractivity contribution in [1.82, 2.24) is 0 Å². The van der Waals surface area contributed by atoms with E-state index in [1.807, 2.05) is 6.07 Å². The van der Waals surface area contributed by atoms with Crippen molar-refractivity contribution in [3.8, 4) is 5.75 Å². The smallest absolute Gasteiger partial charge is 0.341 e. The molecule has 4 heteroatoms. The van der Waals surface area contributed by atoms with E-state index in [0.29, 0.717) is 17.9 Å². The Morgan fingerprint density at radius 3 is 2.94 bits per heavy atom. The lowest BCUT2D eigenvalue weighted by Crippen LogP contribution is -2.09. The maximum absolute atomic E-state index is 11.7. The number of carbonyl (C=O) groups is 1. The van der Waals surface area contributed by atoms with Crippen LogP contribution in [0.3, 0.4) is 0 Å². The summed E-state index contributed by atoms with van der Waals surface area (Å²) in [6.07, 6.45) is 0.887. The van der Waals surface area contributed by atoms with Gasteiger partial charge in [-0.2, -0.15) is 0 Å². The van der Waals surface area contributed by atoms with E-state index in [1.165, 1.54) is 5.56 Å². The third-order valence-electron chi connectivity index (χ3n) is 2.42. The Labute approximate surface area is 94.1 Å². The molecule has 0 atom stereocenters. The molecule has 86 valence electrons. The molecule has 4 nitrogen and oxygen atoms in total. The minimum atomic E-state index is -0.344. The molecule has 0 unspecified atom stereocenters. The fraction of sp³-hybridized carbons (Fsp3) is 0.417. The highest BCUT2D eigenvalue weighted by Gasteiger charge is 2.28. The van der Waals surface area contributed by atoms with Crippen LogP contribution in [0.5, 0.6) is 5.75 Å². The molecule has 2 rings (SSSR count). The second kappa shape index (κ2) is 4.53. The van der Waals surface area contributed by atoms with Crippen molar-refractivity contribution < 1.29 is 19.0 Å². The average Bonchev–Trinajstić information content (AvgIpc) is 3.05. The summed E-state index contributed by atoms with van der Waals surface area (Å²) in [4.78, 5) is 11.7. The summed E-state index contributed by atoms with van der Waals surface area (Å²) in [7, 11) is 1.55. The molecule has 0 saturated heterocycles. The van der Waals surface area contributed by atoms with Gasteiger partial charge in [-0.1, -0.05) is 6.07 Å². The predicted molar refractivity (Wildman–Crippen MR) is 57.7 cm³/mol. The summed E-state index contributed by atoms with van der Waals surface area (Å²) in [5.74, 6) is 0.265. The Balaban J connectivity index is 2.23. The maximum atomic E-state index is 11.7. The molecule has 1 aromatic rings. The SMILES string of the molecule is CCOC(=O)c1ccc2c(c1OCOC)C2. The largest absolute Gasteiger partial charge is 0.466 e. The van der Waals surface area contributed by atoms with Crippen molar-refractivity contribution in [3.63, 3.8) is 0 Å². The van der Waals surface area contributed by atoms with Gasteiger partial charge in [0.1, 0.15) is 11.3 Å². The van der Waals surface area contributed by atoms with Crippen LogP contribution in [-0.2, 0) is 15.9 Å². The van der Waals surface area contributed by atoms with Gasteiger partial charge in [-0.25, -0.2) is 4.79 Å². The molecule has 0 spiro atoms. The molecule has 1 aliphatic rings. The molecular weight excluding hydrogens is 208 g/mol. The lowest BCUT2D eigenvalue weighted by atomic mass is 10.2. The molecule has 0 aliphatic heterocycles. The van der Waals surface area contributed by atoms with Crippen LogP contribution in [0.4, 0.5) is 0 Å². The van der Waals surface area contributed by atoms with Crippen molar-refractivity contribution in [2.45, 2.75) is 13.3 Å². The van der Waals surface area contributed by atoms with Gasteiger partial charge in [0, 0.05) is 19.1 Å². The molecule has 0 fully saturated rings.